The molecule has 0 aliphatic carbocycles. The SMILES string of the molecule is CNc1cccnc1S(=O)(=O)Nc1c(Cl)cc(Br)cc1Cl. The summed E-state index contributed by atoms with van der Waals surface area (Å²) in [4.78, 5) is 3.89. The quantitative estimate of drug-likeness (QED) is 0.799. The summed E-state index contributed by atoms with van der Waals surface area (Å²) in [7, 11) is -2.31. The van der Waals surface area contributed by atoms with Crippen molar-refractivity contribution in [3.63, 3.8) is 0 Å². The Bertz CT molecular complexity index is 761. The summed E-state index contributed by atoms with van der Waals surface area (Å²) in [5.74, 6) is 0. The summed E-state index contributed by atoms with van der Waals surface area (Å²) < 4.78 is 27.9. The first-order chi connectivity index (χ1) is 9.85. The smallest absolute Gasteiger partial charge is 0.281 e. The third-order valence-corrected chi connectivity index (χ3v) is 4.90. The van der Waals surface area contributed by atoms with Gasteiger partial charge in [0, 0.05) is 17.7 Å². The van der Waals surface area contributed by atoms with E-state index in [1.54, 1.807) is 31.3 Å². The lowest BCUT2D eigenvalue weighted by Crippen LogP contribution is -2.16. The molecule has 0 bridgehead atoms. The molecule has 112 valence electrons. The van der Waals surface area contributed by atoms with Gasteiger partial charge in [0.15, 0.2) is 5.03 Å². The third-order valence-electron chi connectivity index (χ3n) is 2.54. The molecular formula is C12H10BrCl2N3O2S. The largest absolute Gasteiger partial charge is 0.386 e. The molecule has 0 aliphatic rings. The number of hydrogen-bond donors (Lipinski definition) is 2. The van der Waals surface area contributed by atoms with Crippen LogP contribution in [0.3, 0.4) is 0 Å². The number of rotatable bonds is 4. The molecule has 2 N–H and O–H groups in total. The predicted molar refractivity (Wildman–Crippen MR) is 88.8 cm³/mol. The van der Waals surface area contributed by atoms with Gasteiger partial charge in [0.05, 0.1) is 21.4 Å². The van der Waals surface area contributed by atoms with Crippen molar-refractivity contribution in [2.24, 2.45) is 0 Å². The minimum absolute atomic E-state index is 0.106. The molecule has 0 fully saturated rings. The summed E-state index contributed by atoms with van der Waals surface area (Å²) in [6, 6.07) is 6.32. The standard InChI is InChI=1S/C12H10BrCl2N3O2S/c1-16-10-3-2-4-17-12(10)21(19,20)18-11-8(14)5-7(13)6-9(11)15/h2-6,16,18H,1H3. The Morgan fingerprint density at radius 3 is 2.43 bits per heavy atom. The number of aromatic nitrogens is 1. The van der Waals surface area contributed by atoms with Gasteiger partial charge >= 0.3 is 0 Å². The Morgan fingerprint density at radius 1 is 1.24 bits per heavy atom. The number of sulfonamides is 1. The van der Waals surface area contributed by atoms with Crippen molar-refractivity contribution < 1.29 is 8.42 Å². The van der Waals surface area contributed by atoms with E-state index in [1.165, 1.54) is 6.20 Å². The molecule has 0 spiro atoms. The molecular weight excluding hydrogens is 401 g/mol. The molecule has 0 atom stereocenters. The first-order valence-corrected chi connectivity index (χ1v) is 8.68. The van der Waals surface area contributed by atoms with E-state index in [0.717, 1.165) is 0 Å². The third kappa shape index (κ3) is 3.60. The molecule has 0 saturated heterocycles. The lowest BCUT2D eigenvalue weighted by atomic mass is 10.3. The Balaban J connectivity index is 2.48. The molecule has 1 heterocycles. The van der Waals surface area contributed by atoms with Gasteiger partial charge in [-0.2, -0.15) is 8.42 Å². The molecule has 2 aromatic rings. The first kappa shape index (κ1) is 16.4. The average Bonchev–Trinajstić information content (AvgIpc) is 2.43. The maximum atomic E-state index is 12.4. The van der Waals surface area contributed by atoms with Crippen LogP contribution in [0.2, 0.25) is 10.0 Å². The van der Waals surface area contributed by atoms with Crippen LogP contribution >= 0.6 is 39.1 Å². The van der Waals surface area contributed by atoms with Crippen LogP contribution in [-0.4, -0.2) is 20.4 Å². The normalized spacial score (nSPS) is 11.2. The Hall–Kier alpha value is -1.02. The molecule has 9 heteroatoms. The second kappa shape index (κ2) is 6.39. The fraction of sp³-hybridized carbons (Fsp3) is 0.0833. The van der Waals surface area contributed by atoms with Gasteiger partial charge in [-0.05, 0) is 24.3 Å². The van der Waals surface area contributed by atoms with Crippen LogP contribution in [0.1, 0.15) is 0 Å². The monoisotopic (exact) mass is 409 g/mol. The molecule has 5 nitrogen and oxygen atoms in total. The van der Waals surface area contributed by atoms with E-state index < -0.39 is 10.0 Å². The highest BCUT2D eigenvalue weighted by atomic mass is 79.9. The van der Waals surface area contributed by atoms with E-state index in [0.29, 0.717) is 10.2 Å². The number of halogens is 3. The molecule has 0 saturated carbocycles. The van der Waals surface area contributed by atoms with E-state index >= 15 is 0 Å². The summed E-state index contributed by atoms with van der Waals surface area (Å²) >= 11 is 15.3. The van der Waals surface area contributed by atoms with Crippen molar-refractivity contribution in [2.75, 3.05) is 17.1 Å². The number of hydrogen-bond acceptors (Lipinski definition) is 4. The van der Waals surface area contributed by atoms with Gasteiger partial charge in [0.1, 0.15) is 0 Å². The fourth-order valence-electron chi connectivity index (χ4n) is 1.62. The van der Waals surface area contributed by atoms with Crippen molar-refractivity contribution in [3.05, 3.63) is 45.0 Å². The molecule has 0 unspecified atom stereocenters. The lowest BCUT2D eigenvalue weighted by Gasteiger charge is -2.13. The summed E-state index contributed by atoms with van der Waals surface area (Å²) in [6.45, 7) is 0. The highest BCUT2D eigenvalue weighted by Crippen LogP contribution is 2.35. The molecule has 0 aliphatic heterocycles. The Labute approximate surface area is 140 Å². The van der Waals surface area contributed by atoms with Crippen LogP contribution in [0.5, 0.6) is 0 Å². The highest BCUT2D eigenvalue weighted by Gasteiger charge is 2.22. The maximum Gasteiger partial charge on any atom is 0.281 e. The van der Waals surface area contributed by atoms with Crippen molar-refractivity contribution >= 4 is 60.5 Å². The first-order valence-electron chi connectivity index (χ1n) is 5.65. The molecule has 1 aromatic heterocycles. The van der Waals surface area contributed by atoms with Crippen molar-refractivity contribution in [3.8, 4) is 0 Å². The molecule has 2 rings (SSSR count). The van der Waals surface area contributed by atoms with Crippen molar-refractivity contribution in [2.45, 2.75) is 5.03 Å². The van der Waals surface area contributed by atoms with Crippen LogP contribution in [0.4, 0.5) is 11.4 Å². The Morgan fingerprint density at radius 2 is 1.86 bits per heavy atom. The van der Waals surface area contributed by atoms with E-state index in [4.69, 9.17) is 23.2 Å². The van der Waals surface area contributed by atoms with Gasteiger partial charge in [0.25, 0.3) is 10.0 Å². The number of nitrogens with zero attached hydrogens (tertiary/aromatic N) is 1. The fourth-order valence-corrected chi connectivity index (χ4v) is 4.28. The zero-order valence-electron chi connectivity index (χ0n) is 10.7. The number of pyridine rings is 1. The molecule has 0 radical (unpaired) electrons. The van der Waals surface area contributed by atoms with Crippen molar-refractivity contribution in [1.29, 1.82) is 0 Å². The number of anilines is 2. The zero-order valence-corrected chi connectivity index (χ0v) is 14.6. The van der Waals surface area contributed by atoms with Gasteiger partial charge < -0.3 is 5.32 Å². The van der Waals surface area contributed by atoms with Gasteiger partial charge in [-0.1, -0.05) is 39.1 Å². The highest BCUT2D eigenvalue weighted by molar-refractivity contribution is 9.10. The minimum Gasteiger partial charge on any atom is -0.386 e. The molecule has 21 heavy (non-hydrogen) atoms. The van der Waals surface area contributed by atoms with E-state index in [1.807, 2.05) is 0 Å². The number of nitrogens with one attached hydrogen (secondary N) is 2. The molecule has 0 amide bonds. The van der Waals surface area contributed by atoms with Crippen LogP contribution in [-0.2, 0) is 10.0 Å². The van der Waals surface area contributed by atoms with Crippen LogP contribution in [0.25, 0.3) is 0 Å². The van der Waals surface area contributed by atoms with Crippen LogP contribution < -0.4 is 10.0 Å². The summed E-state index contributed by atoms with van der Waals surface area (Å²) in [5.41, 5.74) is 0.476. The van der Waals surface area contributed by atoms with Gasteiger partial charge in [-0.3, -0.25) is 4.72 Å². The van der Waals surface area contributed by atoms with E-state index in [-0.39, 0.29) is 20.8 Å². The van der Waals surface area contributed by atoms with Crippen LogP contribution in [0, 0.1) is 0 Å². The lowest BCUT2D eigenvalue weighted by molar-refractivity contribution is 0.598. The topological polar surface area (TPSA) is 71.1 Å². The second-order valence-corrected chi connectivity index (χ2v) is 7.28. The van der Waals surface area contributed by atoms with Crippen molar-refractivity contribution in [1.82, 2.24) is 4.98 Å². The van der Waals surface area contributed by atoms with Gasteiger partial charge in [-0.25, -0.2) is 4.98 Å². The van der Waals surface area contributed by atoms with E-state index in [9.17, 15) is 8.42 Å². The minimum atomic E-state index is -3.92. The van der Waals surface area contributed by atoms with Gasteiger partial charge in [0.2, 0.25) is 0 Å². The van der Waals surface area contributed by atoms with Crippen LogP contribution in [0.15, 0.2) is 40.0 Å². The molecule has 1 aromatic carbocycles. The summed E-state index contributed by atoms with van der Waals surface area (Å²) in [5, 5.41) is 3.00. The summed E-state index contributed by atoms with van der Waals surface area (Å²) in [6.07, 6.45) is 1.39. The zero-order chi connectivity index (χ0) is 15.6. The predicted octanol–water partition coefficient (Wildman–Crippen LogP) is 3.99. The number of benzene rings is 1. The Kier molecular flexibility index (Phi) is 4.98. The average molecular weight is 411 g/mol. The van der Waals surface area contributed by atoms with E-state index in [2.05, 4.69) is 31.0 Å². The van der Waals surface area contributed by atoms with Gasteiger partial charge in [-0.15, -0.1) is 0 Å². The maximum absolute atomic E-state index is 12.4. The second-order valence-electron chi connectivity index (χ2n) is 3.96.